The number of nitrogens with zero attached hydrogens (tertiary/aromatic N) is 1. The van der Waals surface area contributed by atoms with E-state index in [0.717, 1.165) is 12.3 Å². The van der Waals surface area contributed by atoms with Crippen LogP contribution in [0.5, 0.6) is 0 Å². The van der Waals surface area contributed by atoms with E-state index in [0.29, 0.717) is 17.3 Å². The van der Waals surface area contributed by atoms with E-state index in [-0.39, 0.29) is 0 Å². The highest BCUT2D eigenvalue weighted by Crippen LogP contribution is 2.17. The average Bonchev–Trinajstić information content (AvgIpc) is 2.64. The molecular weight excluding hydrogens is 206 g/mol. The van der Waals surface area contributed by atoms with Crippen molar-refractivity contribution in [2.75, 3.05) is 12.3 Å². The zero-order valence-electron chi connectivity index (χ0n) is 9.83. The molecule has 0 aromatic carbocycles. The molecule has 0 aromatic heterocycles. The molecule has 88 valence electrons. The van der Waals surface area contributed by atoms with Gasteiger partial charge in [-0.25, -0.2) is 0 Å². The fraction of sp³-hybridized carbons (Fsp3) is 0.909. The highest BCUT2D eigenvalue weighted by molar-refractivity contribution is 7.99. The van der Waals surface area contributed by atoms with Crippen LogP contribution in [0.25, 0.3) is 0 Å². The van der Waals surface area contributed by atoms with Crippen molar-refractivity contribution in [1.82, 2.24) is 5.32 Å². The second kappa shape index (κ2) is 6.99. The standard InChI is InChI=1S/C11H23N3S/c1-9(2)15-8-7-13-11(12)14-10-5-3-4-6-10/h9-10H,3-8H2,1-2H3,(H3,12,13,14). The van der Waals surface area contributed by atoms with Crippen molar-refractivity contribution in [2.45, 2.75) is 50.8 Å². The molecule has 1 rings (SSSR count). The van der Waals surface area contributed by atoms with E-state index < -0.39 is 0 Å². The molecule has 15 heavy (non-hydrogen) atoms. The van der Waals surface area contributed by atoms with Crippen molar-refractivity contribution >= 4 is 17.7 Å². The summed E-state index contributed by atoms with van der Waals surface area (Å²) in [5.74, 6) is 1.69. The molecule has 1 fully saturated rings. The van der Waals surface area contributed by atoms with Gasteiger partial charge in [-0.2, -0.15) is 11.8 Å². The number of rotatable bonds is 5. The van der Waals surface area contributed by atoms with E-state index in [1.54, 1.807) is 0 Å². The SMILES string of the molecule is CC(C)SCCN=C(N)NC1CCCC1. The van der Waals surface area contributed by atoms with Crippen LogP contribution >= 0.6 is 11.8 Å². The summed E-state index contributed by atoms with van der Waals surface area (Å²) < 4.78 is 0. The summed E-state index contributed by atoms with van der Waals surface area (Å²) in [6, 6.07) is 0.575. The summed E-state index contributed by atoms with van der Waals surface area (Å²) in [6.45, 7) is 5.23. The van der Waals surface area contributed by atoms with Gasteiger partial charge in [0.15, 0.2) is 5.96 Å². The molecule has 0 radical (unpaired) electrons. The van der Waals surface area contributed by atoms with Crippen molar-refractivity contribution in [3.8, 4) is 0 Å². The van der Waals surface area contributed by atoms with E-state index in [1.165, 1.54) is 25.7 Å². The van der Waals surface area contributed by atoms with Crippen LogP contribution < -0.4 is 11.1 Å². The van der Waals surface area contributed by atoms with Crippen LogP contribution in [0.3, 0.4) is 0 Å². The Morgan fingerprint density at radius 2 is 2.13 bits per heavy atom. The molecule has 3 N–H and O–H groups in total. The van der Waals surface area contributed by atoms with Gasteiger partial charge in [-0.3, -0.25) is 4.99 Å². The van der Waals surface area contributed by atoms with E-state index in [9.17, 15) is 0 Å². The lowest BCUT2D eigenvalue weighted by molar-refractivity contribution is 0.626. The highest BCUT2D eigenvalue weighted by atomic mass is 32.2. The predicted molar refractivity (Wildman–Crippen MR) is 69.5 cm³/mol. The second-order valence-electron chi connectivity index (χ2n) is 4.31. The molecule has 1 aliphatic rings. The van der Waals surface area contributed by atoms with Gasteiger partial charge in [0.25, 0.3) is 0 Å². The van der Waals surface area contributed by atoms with Crippen LogP contribution in [0.2, 0.25) is 0 Å². The minimum absolute atomic E-state index is 0.575. The lowest BCUT2D eigenvalue weighted by Crippen LogP contribution is -2.38. The third-order valence-electron chi connectivity index (χ3n) is 2.53. The van der Waals surface area contributed by atoms with Crippen LogP contribution in [0.4, 0.5) is 0 Å². The first-order valence-electron chi connectivity index (χ1n) is 5.86. The Morgan fingerprint density at radius 1 is 1.47 bits per heavy atom. The number of thioether (sulfide) groups is 1. The van der Waals surface area contributed by atoms with Crippen LogP contribution in [0, 0.1) is 0 Å². The molecule has 0 heterocycles. The normalized spacial score (nSPS) is 18.7. The molecule has 3 nitrogen and oxygen atoms in total. The molecule has 0 spiro atoms. The smallest absolute Gasteiger partial charge is 0.188 e. The monoisotopic (exact) mass is 229 g/mol. The molecule has 0 aliphatic heterocycles. The first-order valence-corrected chi connectivity index (χ1v) is 6.91. The van der Waals surface area contributed by atoms with Gasteiger partial charge in [-0.1, -0.05) is 26.7 Å². The zero-order chi connectivity index (χ0) is 11.1. The third-order valence-corrected chi connectivity index (χ3v) is 3.62. The van der Waals surface area contributed by atoms with Crippen LogP contribution in [0.1, 0.15) is 39.5 Å². The summed E-state index contributed by atoms with van der Waals surface area (Å²) in [6.07, 6.45) is 5.15. The minimum Gasteiger partial charge on any atom is -0.370 e. The van der Waals surface area contributed by atoms with Gasteiger partial charge < -0.3 is 11.1 Å². The first-order chi connectivity index (χ1) is 7.18. The first kappa shape index (κ1) is 12.7. The Kier molecular flexibility index (Phi) is 5.91. The molecule has 1 saturated carbocycles. The fourth-order valence-electron chi connectivity index (χ4n) is 1.78. The molecule has 4 heteroatoms. The number of nitrogens with one attached hydrogen (secondary N) is 1. The van der Waals surface area contributed by atoms with Crippen molar-refractivity contribution < 1.29 is 0 Å². The fourth-order valence-corrected chi connectivity index (χ4v) is 2.45. The summed E-state index contributed by atoms with van der Waals surface area (Å²) in [5, 5.41) is 3.97. The summed E-state index contributed by atoms with van der Waals surface area (Å²) in [7, 11) is 0. The van der Waals surface area contributed by atoms with E-state index in [2.05, 4.69) is 24.2 Å². The number of aliphatic imine (C=N–C) groups is 1. The molecular formula is C11H23N3S. The summed E-state index contributed by atoms with van der Waals surface area (Å²) in [5.41, 5.74) is 5.80. The average molecular weight is 229 g/mol. The number of hydrogen-bond acceptors (Lipinski definition) is 2. The van der Waals surface area contributed by atoms with Crippen molar-refractivity contribution in [2.24, 2.45) is 10.7 Å². The topological polar surface area (TPSA) is 50.4 Å². The van der Waals surface area contributed by atoms with Crippen LogP contribution in [0.15, 0.2) is 4.99 Å². The Hall–Kier alpha value is -0.380. The number of hydrogen-bond donors (Lipinski definition) is 2. The van der Waals surface area contributed by atoms with E-state index >= 15 is 0 Å². The maximum atomic E-state index is 5.80. The third kappa shape index (κ3) is 5.92. The summed E-state index contributed by atoms with van der Waals surface area (Å²) >= 11 is 1.93. The van der Waals surface area contributed by atoms with Gasteiger partial charge in [0, 0.05) is 11.8 Å². The van der Waals surface area contributed by atoms with Gasteiger partial charge in [0.1, 0.15) is 0 Å². The molecule has 0 bridgehead atoms. The minimum atomic E-state index is 0.575. The molecule has 0 saturated heterocycles. The Bertz CT molecular complexity index is 198. The van der Waals surface area contributed by atoms with Crippen molar-refractivity contribution in [3.05, 3.63) is 0 Å². The molecule has 0 amide bonds. The number of nitrogens with two attached hydrogens (primary N) is 1. The van der Waals surface area contributed by atoms with Crippen molar-refractivity contribution in [1.29, 1.82) is 0 Å². The number of guanidine groups is 1. The van der Waals surface area contributed by atoms with Crippen LogP contribution in [-0.4, -0.2) is 29.5 Å². The van der Waals surface area contributed by atoms with Gasteiger partial charge in [-0.05, 0) is 18.1 Å². The summed E-state index contributed by atoms with van der Waals surface area (Å²) in [4.78, 5) is 4.32. The predicted octanol–water partition coefficient (Wildman–Crippen LogP) is 1.97. The Morgan fingerprint density at radius 3 is 2.73 bits per heavy atom. The lowest BCUT2D eigenvalue weighted by atomic mass is 10.3. The van der Waals surface area contributed by atoms with Gasteiger partial charge >= 0.3 is 0 Å². The van der Waals surface area contributed by atoms with Gasteiger partial charge in [0.05, 0.1) is 6.54 Å². The Labute approximate surface area is 97.3 Å². The molecule has 0 aromatic rings. The van der Waals surface area contributed by atoms with Crippen LogP contribution in [-0.2, 0) is 0 Å². The largest absolute Gasteiger partial charge is 0.370 e. The molecule has 0 atom stereocenters. The quantitative estimate of drug-likeness (QED) is 0.430. The molecule has 1 aliphatic carbocycles. The maximum absolute atomic E-state index is 5.80. The second-order valence-corrected chi connectivity index (χ2v) is 6.00. The van der Waals surface area contributed by atoms with Gasteiger partial charge in [0.2, 0.25) is 0 Å². The molecule has 0 unspecified atom stereocenters. The maximum Gasteiger partial charge on any atom is 0.188 e. The highest BCUT2D eigenvalue weighted by Gasteiger charge is 2.14. The zero-order valence-corrected chi connectivity index (χ0v) is 10.6. The van der Waals surface area contributed by atoms with Gasteiger partial charge in [-0.15, -0.1) is 0 Å². The Balaban J connectivity index is 2.09. The van der Waals surface area contributed by atoms with E-state index in [4.69, 9.17) is 5.73 Å². The van der Waals surface area contributed by atoms with E-state index in [1.807, 2.05) is 11.8 Å². The van der Waals surface area contributed by atoms with Crippen molar-refractivity contribution in [3.63, 3.8) is 0 Å². The lowest BCUT2D eigenvalue weighted by Gasteiger charge is -2.12.